The third-order valence-electron chi connectivity index (χ3n) is 2.37. The highest BCUT2D eigenvalue weighted by atomic mass is 19.4. The van der Waals surface area contributed by atoms with Crippen LogP contribution in [0.25, 0.3) is 10.9 Å². The summed E-state index contributed by atoms with van der Waals surface area (Å²) in [6.45, 7) is -0.789. The number of hydrogen-bond acceptors (Lipinski definition) is 4. The van der Waals surface area contributed by atoms with Gasteiger partial charge in [0, 0.05) is 11.6 Å². The summed E-state index contributed by atoms with van der Waals surface area (Å²) in [7, 11) is 0. The lowest BCUT2D eigenvalue weighted by Crippen LogP contribution is -2.18. The molecule has 0 aliphatic rings. The number of nitrogens with zero attached hydrogens (tertiary/aromatic N) is 1. The van der Waals surface area contributed by atoms with Crippen LogP contribution in [0.4, 0.5) is 18.9 Å². The summed E-state index contributed by atoms with van der Waals surface area (Å²) >= 11 is 0. The summed E-state index contributed by atoms with van der Waals surface area (Å²) in [5, 5.41) is 0.648. The van der Waals surface area contributed by atoms with E-state index in [1.165, 1.54) is 0 Å². The molecule has 4 nitrogen and oxygen atoms in total. The van der Waals surface area contributed by atoms with E-state index in [1.807, 2.05) is 0 Å². The molecule has 0 spiro atoms. The Balaban J connectivity index is 2.07. The highest BCUT2D eigenvalue weighted by molar-refractivity contribution is 5.93. The van der Waals surface area contributed by atoms with E-state index in [4.69, 9.17) is 10.5 Å². The molecule has 0 saturated heterocycles. The lowest BCUT2D eigenvalue weighted by atomic mass is 10.2. The van der Waals surface area contributed by atoms with Crippen LogP contribution in [0.3, 0.4) is 0 Å². The topological polar surface area (TPSA) is 57.4 Å². The molecule has 1 aromatic heterocycles. The van der Waals surface area contributed by atoms with Crippen molar-refractivity contribution in [2.24, 2.45) is 0 Å². The smallest absolute Gasteiger partial charge is 0.490 e. The fourth-order valence-electron chi connectivity index (χ4n) is 1.60. The van der Waals surface area contributed by atoms with Crippen molar-refractivity contribution < 1.29 is 22.6 Å². The van der Waals surface area contributed by atoms with E-state index < -0.39 is 13.0 Å². The lowest BCUT2D eigenvalue weighted by Gasteiger charge is -2.11. The largest absolute Gasteiger partial charge is 0.522 e. The molecular weight excluding hydrogens is 261 g/mol. The van der Waals surface area contributed by atoms with Crippen molar-refractivity contribution in [3.8, 4) is 5.75 Å². The molecule has 0 amide bonds. The fourth-order valence-corrected chi connectivity index (χ4v) is 1.60. The third kappa shape index (κ3) is 3.47. The maximum Gasteiger partial charge on any atom is 0.522 e. The Labute approximate surface area is 106 Å². The van der Waals surface area contributed by atoms with E-state index >= 15 is 0 Å². The van der Waals surface area contributed by atoms with Gasteiger partial charge in [0.1, 0.15) is 12.4 Å². The summed E-state index contributed by atoms with van der Waals surface area (Å²) in [6.07, 6.45) is -3.07. The van der Waals surface area contributed by atoms with Crippen LogP contribution >= 0.6 is 0 Å². The number of rotatable bonds is 4. The van der Waals surface area contributed by atoms with Gasteiger partial charge in [0.15, 0.2) is 0 Å². The molecule has 0 unspecified atom stereocenters. The maximum absolute atomic E-state index is 11.8. The van der Waals surface area contributed by atoms with E-state index in [1.54, 1.807) is 30.5 Å². The number of nitrogens with two attached hydrogens (primary N) is 1. The van der Waals surface area contributed by atoms with Gasteiger partial charge in [-0.05, 0) is 24.3 Å². The minimum Gasteiger partial charge on any atom is -0.490 e. The van der Waals surface area contributed by atoms with Gasteiger partial charge in [-0.3, -0.25) is 9.72 Å². The second-order valence-electron chi connectivity index (χ2n) is 3.70. The number of alkyl halides is 3. The van der Waals surface area contributed by atoms with Gasteiger partial charge in [0.05, 0.1) is 17.8 Å². The van der Waals surface area contributed by atoms with Crippen LogP contribution in [0.2, 0.25) is 0 Å². The van der Waals surface area contributed by atoms with Crippen molar-refractivity contribution in [1.29, 1.82) is 0 Å². The van der Waals surface area contributed by atoms with Crippen molar-refractivity contribution in [3.05, 3.63) is 30.5 Å². The number of aromatic nitrogens is 1. The van der Waals surface area contributed by atoms with Gasteiger partial charge >= 0.3 is 6.36 Å². The zero-order valence-electron chi connectivity index (χ0n) is 9.78. The Morgan fingerprint density at radius 1 is 1.16 bits per heavy atom. The standard InChI is InChI=1S/C12H11F3N2O2/c13-12(14,15)19-7-6-18-10-4-3-9(16)11-8(10)2-1-5-17-11/h1-5H,6-7,16H2. The predicted molar refractivity (Wildman–Crippen MR) is 63.7 cm³/mol. The number of nitrogen functional groups attached to an aromatic ring is 1. The molecule has 2 N–H and O–H groups in total. The first kappa shape index (κ1) is 13.4. The third-order valence-corrected chi connectivity index (χ3v) is 2.37. The van der Waals surface area contributed by atoms with Crippen LogP contribution in [-0.4, -0.2) is 24.6 Å². The van der Waals surface area contributed by atoms with Gasteiger partial charge in [-0.2, -0.15) is 0 Å². The first-order chi connectivity index (χ1) is 8.97. The summed E-state index contributed by atoms with van der Waals surface area (Å²) < 4.78 is 44.2. The van der Waals surface area contributed by atoms with Crippen LogP contribution in [0.5, 0.6) is 5.75 Å². The molecule has 1 heterocycles. The summed E-state index contributed by atoms with van der Waals surface area (Å²) in [5.74, 6) is 0.420. The van der Waals surface area contributed by atoms with E-state index in [9.17, 15) is 13.2 Å². The Morgan fingerprint density at radius 2 is 1.95 bits per heavy atom. The van der Waals surface area contributed by atoms with Crippen LogP contribution in [0.1, 0.15) is 0 Å². The van der Waals surface area contributed by atoms with Crippen molar-refractivity contribution in [2.75, 3.05) is 18.9 Å². The Bertz CT molecular complexity index is 572. The molecular formula is C12H11F3N2O2. The van der Waals surface area contributed by atoms with Crippen LogP contribution in [0, 0.1) is 0 Å². The Hall–Kier alpha value is -2.02. The van der Waals surface area contributed by atoms with Gasteiger partial charge in [-0.1, -0.05) is 0 Å². The highest BCUT2D eigenvalue weighted by Crippen LogP contribution is 2.28. The molecule has 2 rings (SSSR count). The molecule has 19 heavy (non-hydrogen) atoms. The van der Waals surface area contributed by atoms with Crippen molar-refractivity contribution >= 4 is 16.6 Å². The predicted octanol–water partition coefficient (Wildman–Crippen LogP) is 2.73. The molecule has 0 bridgehead atoms. The van der Waals surface area contributed by atoms with Crippen LogP contribution in [-0.2, 0) is 4.74 Å². The average Bonchev–Trinajstić information content (AvgIpc) is 2.36. The lowest BCUT2D eigenvalue weighted by molar-refractivity contribution is -0.325. The number of anilines is 1. The maximum atomic E-state index is 11.8. The summed E-state index contributed by atoms with van der Waals surface area (Å²) in [5.41, 5.74) is 6.78. The zero-order chi connectivity index (χ0) is 13.9. The van der Waals surface area contributed by atoms with Crippen molar-refractivity contribution in [3.63, 3.8) is 0 Å². The van der Waals surface area contributed by atoms with E-state index in [0.29, 0.717) is 22.3 Å². The van der Waals surface area contributed by atoms with Crippen molar-refractivity contribution in [2.45, 2.75) is 6.36 Å². The van der Waals surface area contributed by atoms with E-state index in [0.717, 1.165) is 0 Å². The van der Waals surface area contributed by atoms with Crippen LogP contribution in [0.15, 0.2) is 30.5 Å². The minimum atomic E-state index is -4.64. The molecule has 0 radical (unpaired) electrons. The second-order valence-corrected chi connectivity index (χ2v) is 3.70. The number of fused-ring (bicyclic) bond motifs is 1. The summed E-state index contributed by atoms with van der Waals surface area (Å²) in [4.78, 5) is 4.09. The van der Waals surface area contributed by atoms with Crippen molar-refractivity contribution in [1.82, 2.24) is 4.98 Å². The average molecular weight is 272 g/mol. The number of halogens is 3. The Kier molecular flexibility index (Phi) is 3.75. The highest BCUT2D eigenvalue weighted by Gasteiger charge is 2.28. The van der Waals surface area contributed by atoms with Gasteiger partial charge in [0.25, 0.3) is 0 Å². The molecule has 0 fully saturated rings. The summed E-state index contributed by atoms with van der Waals surface area (Å²) in [6, 6.07) is 6.61. The van der Waals surface area contributed by atoms with E-state index in [2.05, 4.69) is 9.72 Å². The van der Waals surface area contributed by atoms with Gasteiger partial charge in [-0.15, -0.1) is 13.2 Å². The number of benzene rings is 1. The molecule has 0 atom stereocenters. The Morgan fingerprint density at radius 3 is 2.68 bits per heavy atom. The van der Waals surface area contributed by atoms with Gasteiger partial charge in [-0.25, -0.2) is 0 Å². The SMILES string of the molecule is Nc1ccc(OCCOC(F)(F)F)c2cccnc12. The second kappa shape index (κ2) is 5.31. The minimum absolute atomic E-state index is 0.215. The molecule has 0 aliphatic carbocycles. The number of ether oxygens (including phenoxy) is 2. The van der Waals surface area contributed by atoms with Gasteiger partial charge in [0.2, 0.25) is 0 Å². The molecule has 0 aliphatic heterocycles. The first-order valence-electron chi connectivity index (χ1n) is 5.44. The molecule has 1 aromatic carbocycles. The first-order valence-corrected chi connectivity index (χ1v) is 5.44. The molecule has 7 heteroatoms. The number of pyridine rings is 1. The van der Waals surface area contributed by atoms with E-state index in [-0.39, 0.29) is 6.61 Å². The fraction of sp³-hybridized carbons (Fsp3) is 0.250. The quantitative estimate of drug-likeness (QED) is 0.686. The van der Waals surface area contributed by atoms with Crippen LogP contribution < -0.4 is 10.5 Å². The monoisotopic (exact) mass is 272 g/mol. The normalized spacial score (nSPS) is 11.7. The molecule has 102 valence electrons. The molecule has 2 aromatic rings. The van der Waals surface area contributed by atoms with Gasteiger partial charge < -0.3 is 10.5 Å². The zero-order valence-corrected chi connectivity index (χ0v) is 9.78. The molecule has 0 saturated carbocycles. The number of hydrogen-bond donors (Lipinski definition) is 1.